The summed E-state index contributed by atoms with van der Waals surface area (Å²) in [5, 5.41) is 23.0. The van der Waals surface area contributed by atoms with Crippen LogP contribution < -0.4 is 9.64 Å². The van der Waals surface area contributed by atoms with E-state index in [4.69, 9.17) is 14.5 Å². The highest BCUT2D eigenvalue weighted by molar-refractivity contribution is 6.02. The molecule has 7 rings (SSSR count). The Morgan fingerprint density at radius 2 is 1.77 bits per heavy atom. The van der Waals surface area contributed by atoms with Gasteiger partial charge in [0.1, 0.15) is 28.3 Å². The first-order chi connectivity index (χ1) is 22.6. The predicted molar refractivity (Wildman–Crippen MR) is 181 cm³/mol. The van der Waals surface area contributed by atoms with Crippen LogP contribution in [0.3, 0.4) is 0 Å². The first-order valence-electron chi connectivity index (χ1n) is 16.0. The maximum absolute atomic E-state index is 12.9. The van der Waals surface area contributed by atoms with Crippen LogP contribution in [0, 0.1) is 18.3 Å². The van der Waals surface area contributed by atoms with Crippen LogP contribution in [0.15, 0.2) is 48.5 Å². The lowest BCUT2D eigenvalue weighted by atomic mass is 9.90. The van der Waals surface area contributed by atoms with E-state index in [0.29, 0.717) is 65.5 Å². The summed E-state index contributed by atoms with van der Waals surface area (Å²) in [6, 6.07) is 18.5. The molecule has 0 unspecified atom stereocenters. The molecule has 1 fully saturated rings. The Kier molecular flexibility index (Phi) is 7.68. The molecule has 2 aromatic heterocycles. The number of rotatable bonds is 4. The molecule has 11 heteroatoms. The Labute approximate surface area is 273 Å². The van der Waals surface area contributed by atoms with Crippen LogP contribution in [0.25, 0.3) is 33.2 Å². The minimum atomic E-state index is -0.576. The number of benzene rings is 3. The normalized spacial score (nSPS) is 15.5. The second kappa shape index (κ2) is 11.9. The number of hydrogen-bond acceptors (Lipinski definition) is 9. The molecular weight excluding hydrogens is 592 g/mol. The van der Waals surface area contributed by atoms with Crippen molar-refractivity contribution in [2.24, 2.45) is 0 Å². The van der Waals surface area contributed by atoms with E-state index in [1.165, 1.54) is 11.1 Å². The number of fused-ring (bicyclic) bond motifs is 3. The van der Waals surface area contributed by atoms with Crippen molar-refractivity contribution < 1.29 is 14.3 Å². The number of anilines is 1. The van der Waals surface area contributed by atoms with Crippen LogP contribution in [0.4, 0.5) is 10.5 Å². The zero-order valence-electron chi connectivity index (χ0n) is 27.4. The van der Waals surface area contributed by atoms with Crippen LogP contribution in [0.5, 0.6) is 11.5 Å². The fourth-order valence-electron chi connectivity index (χ4n) is 6.59. The molecule has 4 heterocycles. The Morgan fingerprint density at radius 1 is 0.979 bits per heavy atom. The molecule has 0 atom stereocenters. The van der Waals surface area contributed by atoms with Crippen molar-refractivity contribution in [2.75, 3.05) is 44.7 Å². The SMILES string of the molecule is Cc1ccc2n[nH]nc2c1Oc1cccc2c(N3CCN(C(=O)OC(C)(C)C)CC3)c(C#N)c(-c3cccc4c3CCN(C)C4)nc12. The number of aryl methyl sites for hydroxylation is 1. The minimum absolute atomic E-state index is 0.327. The molecule has 0 aliphatic carbocycles. The van der Waals surface area contributed by atoms with E-state index in [2.05, 4.69) is 56.5 Å². The van der Waals surface area contributed by atoms with Gasteiger partial charge in [-0.2, -0.15) is 20.7 Å². The van der Waals surface area contributed by atoms with Crippen LogP contribution in [-0.4, -0.2) is 81.7 Å². The minimum Gasteiger partial charge on any atom is -0.452 e. The molecule has 240 valence electrons. The number of aromatic nitrogens is 4. The van der Waals surface area contributed by atoms with Gasteiger partial charge < -0.3 is 24.2 Å². The third kappa shape index (κ3) is 5.70. The smallest absolute Gasteiger partial charge is 0.410 e. The van der Waals surface area contributed by atoms with Crippen molar-refractivity contribution in [3.63, 3.8) is 0 Å². The number of para-hydroxylation sites is 1. The summed E-state index contributed by atoms with van der Waals surface area (Å²) in [5.41, 5.74) is 7.70. The number of piperazine rings is 1. The molecule has 0 bridgehead atoms. The topological polar surface area (TPSA) is 124 Å². The van der Waals surface area contributed by atoms with Gasteiger partial charge in [-0.15, -0.1) is 0 Å². The average molecular weight is 631 g/mol. The standard InChI is InChI=1S/C36H38N8O3/c1-22-12-13-28-32(40-41-39-28)34(22)46-29-11-7-10-26-31(29)38-30(25-9-6-8-23-21-42(5)15-14-24(23)25)27(20-37)33(26)43-16-18-44(19-17-43)35(45)47-36(2,3)4/h6-13H,14-19,21H2,1-5H3,(H,39,40,41). The van der Waals surface area contributed by atoms with Crippen molar-refractivity contribution in [3.05, 3.63) is 70.8 Å². The Balaban J connectivity index is 1.39. The highest BCUT2D eigenvalue weighted by Crippen LogP contribution is 2.43. The summed E-state index contributed by atoms with van der Waals surface area (Å²) in [4.78, 5) is 24.4. The number of nitriles is 1. The number of nitrogens with zero attached hydrogens (tertiary/aromatic N) is 7. The number of carbonyl (C=O) groups excluding carboxylic acids is 1. The fourth-order valence-corrected chi connectivity index (χ4v) is 6.59. The molecule has 2 aliphatic rings. The number of amides is 1. The molecule has 47 heavy (non-hydrogen) atoms. The predicted octanol–water partition coefficient (Wildman–Crippen LogP) is 6.19. The maximum Gasteiger partial charge on any atom is 0.410 e. The number of nitrogens with one attached hydrogen (secondary N) is 1. The largest absolute Gasteiger partial charge is 0.452 e. The molecular formula is C36H38N8O3. The maximum atomic E-state index is 12.9. The monoisotopic (exact) mass is 630 g/mol. The third-order valence-electron chi connectivity index (χ3n) is 8.87. The van der Waals surface area contributed by atoms with Crippen LogP contribution >= 0.6 is 0 Å². The zero-order valence-corrected chi connectivity index (χ0v) is 27.4. The number of aromatic amines is 1. The quantitative estimate of drug-likeness (QED) is 0.248. The van der Waals surface area contributed by atoms with Crippen LogP contribution in [0.1, 0.15) is 43.0 Å². The summed E-state index contributed by atoms with van der Waals surface area (Å²) >= 11 is 0. The summed E-state index contributed by atoms with van der Waals surface area (Å²) in [5.74, 6) is 1.16. The van der Waals surface area contributed by atoms with E-state index in [1.54, 1.807) is 4.90 Å². The lowest BCUT2D eigenvalue weighted by molar-refractivity contribution is 0.0240. The second-order valence-electron chi connectivity index (χ2n) is 13.3. The van der Waals surface area contributed by atoms with Crippen molar-refractivity contribution in [1.29, 1.82) is 5.26 Å². The molecule has 0 saturated carbocycles. The van der Waals surface area contributed by atoms with E-state index in [0.717, 1.165) is 41.7 Å². The molecule has 1 amide bonds. The van der Waals surface area contributed by atoms with Gasteiger partial charge in [-0.1, -0.05) is 36.4 Å². The van der Waals surface area contributed by atoms with Gasteiger partial charge in [0.25, 0.3) is 0 Å². The van der Waals surface area contributed by atoms with Gasteiger partial charge >= 0.3 is 6.09 Å². The summed E-state index contributed by atoms with van der Waals surface area (Å²) in [7, 11) is 2.13. The van der Waals surface area contributed by atoms with Crippen LogP contribution in [-0.2, 0) is 17.7 Å². The average Bonchev–Trinajstić information content (AvgIpc) is 3.53. The number of H-pyrrole nitrogens is 1. The van der Waals surface area contributed by atoms with Gasteiger partial charge in [0.05, 0.1) is 11.4 Å². The summed E-state index contributed by atoms with van der Waals surface area (Å²) < 4.78 is 12.3. The molecule has 11 nitrogen and oxygen atoms in total. The number of carbonyl (C=O) groups is 1. The fraction of sp³-hybridized carbons (Fsp3) is 0.361. The van der Waals surface area contributed by atoms with Crippen LogP contribution in [0.2, 0.25) is 0 Å². The van der Waals surface area contributed by atoms with E-state index in [1.807, 2.05) is 58.0 Å². The van der Waals surface area contributed by atoms with E-state index in [9.17, 15) is 10.1 Å². The molecule has 5 aromatic rings. The van der Waals surface area contributed by atoms with Gasteiger partial charge in [-0.05, 0) is 70.0 Å². The Bertz CT molecular complexity index is 2050. The molecule has 1 N–H and O–H groups in total. The summed E-state index contributed by atoms with van der Waals surface area (Å²) in [6.45, 7) is 11.4. The molecule has 3 aromatic carbocycles. The lowest BCUT2D eigenvalue weighted by Crippen LogP contribution is -2.50. The van der Waals surface area contributed by atoms with E-state index >= 15 is 0 Å². The lowest BCUT2D eigenvalue weighted by Gasteiger charge is -2.37. The van der Waals surface area contributed by atoms with Gasteiger partial charge in [0.15, 0.2) is 17.0 Å². The highest BCUT2D eigenvalue weighted by Gasteiger charge is 2.30. The highest BCUT2D eigenvalue weighted by atomic mass is 16.6. The van der Waals surface area contributed by atoms with Crippen molar-refractivity contribution in [2.45, 2.75) is 46.3 Å². The van der Waals surface area contributed by atoms with Gasteiger partial charge in [-0.3, -0.25) is 0 Å². The second-order valence-corrected chi connectivity index (χ2v) is 13.3. The number of hydrogen-bond donors (Lipinski definition) is 1. The Hall–Kier alpha value is -5.21. The first-order valence-corrected chi connectivity index (χ1v) is 16.0. The zero-order chi connectivity index (χ0) is 32.9. The molecule has 1 saturated heterocycles. The number of likely N-dealkylation sites (N-methyl/N-ethyl adjacent to an activating group) is 1. The molecule has 2 aliphatic heterocycles. The number of ether oxygens (including phenoxy) is 2. The third-order valence-corrected chi connectivity index (χ3v) is 8.87. The van der Waals surface area contributed by atoms with Crippen molar-refractivity contribution in [1.82, 2.24) is 30.2 Å². The van der Waals surface area contributed by atoms with Gasteiger partial charge in [0.2, 0.25) is 0 Å². The van der Waals surface area contributed by atoms with Crippen molar-refractivity contribution >= 4 is 33.7 Å². The molecule has 0 spiro atoms. The number of pyridine rings is 1. The van der Waals surface area contributed by atoms with Crippen molar-refractivity contribution in [3.8, 4) is 28.8 Å². The van der Waals surface area contributed by atoms with Gasteiger partial charge in [-0.25, -0.2) is 9.78 Å². The first kappa shape index (κ1) is 30.4. The van der Waals surface area contributed by atoms with E-state index in [-0.39, 0.29) is 6.09 Å². The summed E-state index contributed by atoms with van der Waals surface area (Å²) in [6.07, 6.45) is 0.536. The Morgan fingerprint density at radius 3 is 2.53 bits per heavy atom. The van der Waals surface area contributed by atoms with E-state index < -0.39 is 5.60 Å². The molecule has 0 radical (unpaired) electrons. The van der Waals surface area contributed by atoms with Gasteiger partial charge in [0, 0.05) is 50.2 Å².